The van der Waals surface area contributed by atoms with E-state index in [4.69, 9.17) is 16.3 Å². The van der Waals surface area contributed by atoms with Gasteiger partial charge in [0.1, 0.15) is 23.8 Å². The second kappa shape index (κ2) is 22.4. The molecule has 0 spiro atoms. The summed E-state index contributed by atoms with van der Waals surface area (Å²) in [6.07, 6.45) is -9.12. The van der Waals surface area contributed by atoms with Gasteiger partial charge in [-0.25, -0.2) is 29.1 Å². The number of thiophene rings is 1. The number of hydrogen-bond donors (Lipinski definition) is 2. The summed E-state index contributed by atoms with van der Waals surface area (Å²) in [5.41, 5.74) is -4.28. The SMILES string of the molecule is CCOC(=O)c1cc(C#N)c(N2CCN(C(=O)NCCc3cccs3)CC2)nc1C(F)(F)F.CCOC(=O)c1cc(C#N)c(N2CCN(C(=O)Nc3cccc(Cl)c3)CC2)nc1C(F)(F)F. The molecule has 0 atom stereocenters. The Morgan fingerprint density at radius 3 is 1.62 bits per heavy atom. The van der Waals surface area contributed by atoms with Crippen molar-refractivity contribution in [2.24, 2.45) is 0 Å². The normalized spacial score (nSPS) is 14.0. The zero-order valence-corrected chi connectivity index (χ0v) is 36.8. The van der Waals surface area contributed by atoms with Gasteiger partial charge < -0.3 is 39.7 Å². The summed E-state index contributed by atoms with van der Waals surface area (Å²) in [4.78, 5) is 63.4. The van der Waals surface area contributed by atoms with Gasteiger partial charge in [0.25, 0.3) is 0 Å². The first-order valence-electron chi connectivity index (χ1n) is 20.1. The van der Waals surface area contributed by atoms with Gasteiger partial charge in [0.2, 0.25) is 0 Å². The molecule has 16 nitrogen and oxygen atoms in total. The number of alkyl halides is 6. The van der Waals surface area contributed by atoms with Crippen LogP contribution in [0.3, 0.4) is 0 Å². The Bertz CT molecular complexity index is 2470. The number of esters is 2. The average Bonchev–Trinajstić information content (AvgIpc) is 3.81. The van der Waals surface area contributed by atoms with Crippen LogP contribution in [-0.2, 0) is 28.2 Å². The van der Waals surface area contributed by atoms with Crippen LogP contribution in [0.15, 0.2) is 53.9 Å². The molecular weight excluding hydrogens is 922 g/mol. The van der Waals surface area contributed by atoms with Crippen LogP contribution < -0.4 is 20.4 Å². The summed E-state index contributed by atoms with van der Waals surface area (Å²) in [6, 6.07) is 15.2. The number of carbonyl (C=O) groups excluding carboxylic acids is 4. The Kier molecular flexibility index (Phi) is 17.0. The lowest BCUT2D eigenvalue weighted by Crippen LogP contribution is -2.52. The van der Waals surface area contributed by atoms with E-state index in [1.165, 1.54) is 28.5 Å². The number of amides is 4. The summed E-state index contributed by atoms with van der Waals surface area (Å²) >= 11 is 7.51. The predicted octanol–water partition coefficient (Wildman–Crippen LogP) is 7.44. The van der Waals surface area contributed by atoms with Crippen molar-refractivity contribution < 1.29 is 55.0 Å². The molecule has 6 rings (SSSR count). The molecule has 2 saturated heterocycles. The summed E-state index contributed by atoms with van der Waals surface area (Å²) < 4.78 is 90.9. The Morgan fingerprint density at radius 2 is 1.21 bits per heavy atom. The molecule has 24 heteroatoms. The topological polar surface area (TPSA) is 197 Å². The number of urea groups is 2. The number of hydrogen-bond acceptors (Lipinski definition) is 13. The van der Waals surface area contributed by atoms with Gasteiger partial charge in [-0.2, -0.15) is 36.9 Å². The molecule has 0 aliphatic carbocycles. The summed E-state index contributed by atoms with van der Waals surface area (Å²) in [5, 5.41) is 26.9. The maximum atomic E-state index is 13.6. The van der Waals surface area contributed by atoms with Gasteiger partial charge in [-0.1, -0.05) is 23.7 Å². The van der Waals surface area contributed by atoms with Crippen LogP contribution in [0.4, 0.5) is 53.3 Å². The van der Waals surface area contributed by atoms with E-state index in [0.717, 1.165) is 17.0 Å². The van der Waals surface area contributed by atoms with Crippen LogP contribution in [0, 0.1) is 22.7 Å². The number of anilines is 3. The molecule has 350 valence electrons. The first-order valence-corrected chi connectivity index (χ1v) is 21.4. The van der Waals surface area contributed by atoms with Gasteiger partial charge >= 0.3 is 36.4 Å². The standard InChI is InChI=1S/C21H19ClF3N5O3.C21H22F3N5O3S/c1-2-33-19(31)16-10-13(12-26)18(28-17(16)21(23,24)25)29-6-8-30(9-7-29)20(32)27-15-5-3-4-14(22)11-15;1-2-32-19(30)16-12-14(13-25)18(27-17(16)21(22,23)24)28-7-9-29(10-8-28)20(31)26-6-5-15-4-3-11-33-15/h3-5,10-11H,2,6-9H2,1H3,(H,27,32);3-4,11-12H,2,5-10H2,1H3,(H,26,31). The minimum atomic E-state index is -4.93. The van der Waals surface area contributed by atoms with E-state index in [1.807, 2.05) is 23.6 Å². The second-order valence-corrected chi connectivity index (χ2v) is 15.6. The maximum absolute atomic E-state index is 13.6. The highest BCUT2D eigenvalue weighted by atomic mass is 35.5. The molecule has 4 aromatic rings. The highest BCUT2D eigenvalue weighted by molar-refractivity contribution is 7.09. The van der Waals surface area contributed by atoms with Gasteiger partial charge in [0.05, 0.1) is 35.5 Å². The van der Waals surface area contributed by atoms with Gasteiger partial charge in [-0.15, -0.1) is 11.3 Å². The number of carbonyl (C=O) groups is 4. The fraction of sp³-hybridized carbons (Fsp3) is 0.381. The predicted molar refractivity (Wildman–Crippen MR) is 229 cm³/mol. The number of piperazine rings is 2. The van der Waals surface area contributed by atoms with Crippen molar-refractivity contribution in [1.82, 2.24) is 25.1 Å². The molecule has 5 heterocycles. The molecule has 1 aromatic carbocycles. The van der Waals surface area contributed by atoms with Crippen LogP contribution >= 0.6 is 22.9 Å². The number of pyridine rings is 2. The third-order valence-electron chi connectivity index (χ3n) is 9.81. The number of aromatic nitrogens is 2. The largest absolute Gasteiger partial charge is 0.462 e. The number of ether oxygens (including phenoxy) is 2. The van der Waals surface area contributed by atoms with E-state index in [-0.39, 0.29) is 100 Å². The molecular formula is C42H41ClF6N10O6S. The quantitative estimate of drug-likeness (QED) is 0.118. The smallest absolute Gasteiger partial charge is 0.434 e. The van der Waals surface area contributed by atoms with Crippen molar-refractivity contribution in [3.8, 4) is 12.1 Å². The van der Waals surface area contributed by atoms with Crippen LogP contribution in [0.1, 0.15) is 62.0 Å². The number of nitriles is 2. The molecule has 0 bridgehead atoms. The number of rotatable bonds is 10. The second-order valence-electron chi connectivity index (χ2n) is 14.1. The summed E-state index contributed by atoms with van der Waals surface area (Å²) in [6.45, 7) is 4.68. The molecule has 4 amide bonds. The van der Waals surface area contributed by atoms with Crippen molar-refractivity contribution in [2.45, 2.75) is 32.6 Å². The fourth-order valence-electron chi connectivity index (χ4n) is 6.69. The minimum Gasteiger partial charge on any atom is -0.462 e. The molecule has 2 aliphatic rings. The molecule has 2 fully saturated rings. The number of nitrogens with zero attached hydrogens (tertiary/aromatic N) is 8. The third kappa shape index (κ3) is 12.9. The lowest BCUT2D eigenvalue weighted by molar-refractivity contribution is -0.142. The van der Waals surface area contributed by atoms with E-state index in [9.17, 15) is 56.0 Å². The zero-order valence-electron chi connectivity index (χ0n) is 35.3. The lowest BCUT2D eigenvalue weighted by atomic mass is 10.1. The van der Waals surface area contributed by atoms with Crippen LogP contribution in [0.2, 0.25) is 5.02 Å². The van der Waals surface area contributed by atoms with E-state index >= 15 is 0 Å². The first-order chi connectivity index (χ1) is 31.4. The van der Waals surface area contributed by atoms with Crippen molar-refractivity contribution in [2.75, 3.05) is 87.2 Å². The molecule has 0 radical (unpaired) electrons. The van der Waals surface area contributed by atoms with Crippen molar-refractivity contribution in [3.05, 3.63) is 97.5 Å². The number of nitrogens with one attached hydrogen (secondary N) is 2. The van der Waals surface area contributed by atoms with E-state index in [2.05, 4.69) is 25.3 Å². The summed E-state index contributed by atoms with van der Waals surface area (Å²) in [5.74, 6) is -2.77. The average molecular weight is 963 g/mol. The Morgan fingerprint density at radius 1 is 0.727 bits per heavy atom. The molecule has 0 unspecified atom stereocenters. The highest BCUT2D eigenvalue weighted by Gasteiger charge is 2.41. The Hall–Kier alpha value is -6.85. The van der Waals surface area contributed by atoms with Crippen LogP contribution in [-0.4, -0.2) is 116 Å². The third-order valence-corrected chi connectivity index (χ3v) is 11.0. The van der Waals surface area contributed by atoms with Crippen LogP contribution in [0.25, 0.3) is 0 Å². The van der Waals surface area contributed by atoms with E-state index in [1.54, 1.807) is 46.6 Å². The van der Waals surface area contributed by atoms with Crippen molar-refractivity contribution in [3.63, 3.8) is 0 Å². The Labute approximate surface area is 383 Å². The monoisotopic (exact) mass is 962 g/mol. The molecule has 2 aliphatic heterocycles. The first kappa shape index (κ1) is 50.2. The fourth-order valence-corrected chi connectivity index (χ4v) is 7.58. The minimum absolute atomic E-state index is 0.114. The molecule has 0 saturated carbocycles. The number of halogens is 7. The summed E-state index contributed by atoms with van der Waals surface area (Å²) in [7, 11) is 0. The number of benzene rings is 1. The van der Waals surface area contributed by atoms with E-state index in [0.29, 0.717) is 23.7 Å². The van der Waals surface area contributed by atoms with Gasteiger partial charge in [-0.05, 0) is 62.0 Å². The van der Waals surface area contributed by atoms with Crippen molar-refractivity contribution >= 4 is 64.3 Å². The molecule has 3 aromatic heterocycles. The molecule has 2 N–H and O–H groups in total. The molecule has 66 heavy (non-hydrogen) atoms. The maximum Gasteiger partial charge on any atom is 0.434 e. The van der Waals surface area contributed by atoms with E-state index < -0.39 is 46.8 Å². The zero-order chi connectivity index (χ0) is 48.2. The van der Waals surface area contributed by atoms with Gasteiger partial charge in [0, 0.05) is 74.5 Å². The van der Waals surface area contributed by atoms with Crippen LogP contribution in [0.5, 0.6) is 0 Å². The highest BCUT2D eigenvalue weighted by Crippen LogP contribution is 2.36. The van der Waals surface area contributed by atoms with Gasteiger partial charge in [-0.3, -0.25) is 0 Å². The van der Waals surface area contributed by atoms with Gasteiger partial charge in [0.15, 0.2) is 11.4 Å². The Balaban J connectivity index is 0.000000247. The van der Waals surface area contributed by atoms with Crippen molar-refractivity contribution in [1.29, 1.82) is 10.5 Å². The lowest BCUT2D eigenvalue weighted by Gasteiger charge is -2.36.